The van der Waals surface area contributed by atoms with E-state index < -0.39 is 48.3 Å². The zero-order valence-corrected chi connectivity index (χ0v) is 17.6. The summed E-state index contributed by atoms with van der Waals surface area (Å²) in [5, 5.41) is 42.0. The molecule has 0 aromatic carbocycles. The van der Waals surface area contributed by atoms with Gasteiger partial charge in [-0.1, -0.05) is 0 Å². The highest BCUT2D eigenvalue weighted by Crippen LogP contribution is 2.04. The highest BCUT2D eigenvalue weighted by atomic mass is 16.4. The first-order valence-corrected chi connectivity index (χ1v) is 9.90. The molecular formula is C17H33N9O6. The van der Waals surface area contributed by atoms with Crippen molar-refractivity contribution in [3.63, 3.8) is 0 Å². The van der Waals surface area contributed by atoms with Gasteiger partial charge in [-0.25, -0.2) is 4.79 Å². The number of aliphatic carboxylic acids is 2. The van der Waals surface area contributed by atoms with E-state index in [0.29, 0.717) is 19.4 Å². The van der Waals surface area contributed by atoms with Crippen LogP contribution in [0.4, 0.5) is 0 Å². The number of amides is 2. The quantitative estimate of drug-likeness (QED) is 0.0619. The van der Waals surface area contributed by atoms with Crippen LogP contribution in [0.15, 0.2) is 0 Å². The number of carboxylic acid groups (broad SMARTS) is 2. The molecule has 32 heavy (non-hydrogen) atoms. The maximum atomic E-state index is 12.6. The van der Waals surface area contributed by atoms with Gasteiger partial charge in [0.15, 0.2) is 11.9 Å². The first-order valence-electron chi connectivity index (χ1n) is 9.90. The number of nitrogens with one attached hydrogen (secondary N) is 6. The van der Waals surface area contributed by atoms with E-state index >= 15 is 0 Å². The van der Waals surface area contributed by atoms with E-state index in [1.54, 1.807) is 0 Å². The molecule has 3 atom stereocenters. The summed E-state index contributed by atoms with van der Waals surface area (Å²) in [5.41, 5.74) is 16.2. The van der Waals surface area contributed by atoms with Crippen LogP contribution < -0.4 is 38.5 Å². The number of hydrogen-bond acceptors (Lipinski definition) is 7. The van der Waals surface area contributed by atoms with Gasteiger partial charge in [0.2, 0.25) is 11.8 Å². The summed E-state index contributed by atoms with van der Waals surface area (Å²) in [6, 6.07) is -3.54. The Morgan fingerprint density at radius 3 is 1.75 bits per heavy atom. The van der Waals surface area contributed by atoms with Gasteiger partial charge in [0, 0.05) is 19.5 Å². The second kappa shape index (κ2) is 15.2. The van der Waals surface area contributed by atoms with Gasteiger partial charge in [0.05, 0.1) is 6.04 Å². The Morgan fingerprint density at radius 1 is 0.781 bits per heavy atom. The molecular weight excluding hydrogens is 426 g/mol. The Labute approximate surface area is 184 Å². The van der Waals surface area contributed by atoms with Crippen molar-refractivity contribution in [3.05, 3.63) is 0 Å². The highest BCUT2D eigenvalue weighted by molar-refractivity contribution is 5.91. The summed E-state index contributed by atoms with van der Waals surface area (Å²) in [6.07, 6.45) is 0.276. The molecule has 0 aliphatic carbocycles. The van der Waals surface area contributed by atoms with E-state index in [9.17, 15) is 24.3 Å². The minimum absolute atomic E-state index is 0.0851. The average molecular weight is 460 g/mol. The largest absolute Gasteiger partial charge is 0.481 e. The van der Waals surface area contributed by atoms with E-state index in [1.807, 2.05) is 0 Å². The van der Waals surface area contributed by atoms with Crippen molar-refractivity contribution in [1.29, 1.82) is 10.8 Å². The van der Waals surface area contributed by atoms with Crippen LogP contribution in [-0.2, 0) is 19.2 Å². The van der Waals surface area contributed by atoms with Crippen molar-refractivity contribution in [2.24, 2.45) is 17.2 Å². The number of rotatable bonds is 16. The van der Waals surface area contributed by atoms with Gasteiger partial charge in [0.1, 0.15) is 12.1 Å². The molecule has 2 amide bonds. The van der Waals surface area contributed by atoms with E-state index in [4.69, 9.17) is 33.1 Å². The van der Waals surface area contributed by atoms with Gasteiger partial charge in [0.25, 0.3) is 0 Å². The van der Waals surface area contributed by atoms with Crippen LogP contribution in [0, 0.1) is 10.8 Å². The minimum atomic E-state index is -1.44. The van der Waals surface area contributed by atoms with Crippen molar-refractivity contribution in [3.8, 4) is 0 Å². The molecule has 0 unspecified atom stereocenters. The molecule has 15 heteroatoms. The third kappa shape index (κ3) is 13.6. The average Bonchev–Trinajstić information content (AvgIpc) is 2.69. The number of hydrogen-bond donors (Lipinski definition) is 11. The second-order valence-corrected chi connectivity index (χ2v) is 6.96. The van der Waals surface area contributed by atoms with Crippen molar-refractivity contribution in [2.45, 2.75) is 56.7 Å². The third-order valence-corrected chi connectivity index (χ3v) is 4.22. The van der Waals surface area contributed by atoms with Crippen LogP contribution in [0.3, 0.4) is 0 Å². The summed E-state index contributed by atoms with van der Waals surface area (Å²) < 4.78 is 0. The molecule has 0 aliphatic rings. The maximum absolute atomic E-state index is 12.6. The number of carboxylic acids is 2. The van der Waals surface area contributed by atoms with E-state index in [-0.39, 0.29) is 37.7 Å². The van der Waals surface area contributed by atoms with Crippen molar-refractivity contribution >= 4 is 35.7 Å². The van der Waals surface area contributed by atoms with E-state index in [1.165, 1.54) is 0 Å². The van der Waals surface area contributed by atoms with Crippen molar-refractivity contribution in [2.75, 3.05) is 13.1 Å². The lowest BCUT2D eigenvalue weighted by Crippen LogP contribution is -2.54. The fraction of sp³-hybridized carbons (Fsp3) is 0.647. The number of guanidine groups is 2. The molecule has 0 spiro atoms. The standard InChI is InChI=1S/C17H33N9O6/c18-9(3-1-7-23-16(19)20)13(29)25-10(4-2-8-24-17(21)22)14(30)26-11(15(31)32)5-6-12(27)28/h9-11H,1-8,18H2,(H,25,29)(H,26,30)(H,27,28)(H,31,32)(H4,19,20,23)(H4,21,22,24)/t9-,10-,11-/m0/s1. The Bertz CT molecular complexity index is 687. The zero-order chi connectivity index (χ0) is 24.7. The molecule has 0 aromatic heterocycles. The summed E-state index contributed by atoms with van der Waals surface area (Å²) >= 11 is 0. The first-order chi connectivity index (χ1) is 14.9. The summed E-state index contributed by atoms with van der Waals surface area (Å²) in [4.78, 5) is 47.1. The molecule has 14 N–H and O–H groups in total. The summed E-state index contributed by atoms with van der Waals surface area (Å²) in [5.74, 6) is -4.53. The van der Waals surface area contributed by atoms with Gasteiger partial charge in [-0.05, 0) is 32.1 Å². The highest BCUT2D eigenvalue weighted by Gasteiger charge is 2.28. The number of nitrogens with two attached hydrogens (primary N) is 3. The smallest absolute Gasteiger partial charge is 0.326 e. The lowest BCUT2D eigenvalue weighted by Gasteiger charge is -2.23. The summed E-state index contributed by atoms with van der Waals surface area (Å²) in [6.45, 7) is 0.569. The molecule has 15 nitrogen and oxygen atoms in total. The lowest BCUT2D eigenvalue weighted by atomic mass is 10.1. The van der Waals surface area contributed by atoms with Gasteiger partial charge < -0.3 is 48.7 Å². The van der Waals surface area contributed by atoms with Crippen LogP contribution in [0.2, 0.25) is 0 Å². The molecule has 0 saturated heterocycles. The Balaban J connectivity index is 5.02. The maximum Gasteiger partial charge on any atom is 0.326 e. The van der Waals surface area contributed by atoms with Crippen LogP contribution in [-0.4, -0.2) is 77.1 Å². The number of carbonyl (C=O) groups is 4. The monoisotopic (exact) mass is 459 g/mol. The Kier molecular flexibility index (Phi) is 13.5. The third-order valence-electron chi connectivity index (χ3n) is 4.22. The first kappa shape index (κ1) is 28.4. The number of carbonyl (C=O) groups excluding carboxylic acids is 2. The Morgan fingerprint density at radius 2 is 1.28 bits per heavy atom. The van der Waals surface area contributed by atoms with Gasteiger partial charge in [-0.3, -0.25) is 25.2 Å². The molecule has 0 saturated carbocycles. The molecule has 0 radical (unpaired) electrons. The van der Waals surface area contributed by atoms with Crippen LogP contribution in [0.5, 0.6) is 0 Å². The molecule has 0 aliphatic heterocycles. The molecule has 0 fully saturated rings. The fourth-order valence-corrected chi connectivity index (χ4v) is 2.55. The molecule has 0 rings (SSSR count). The lowest BCUT2D eigenvalue weighted by molar-refractivity contribution is -0.143. The SMILES string of the molecule is N=C(N)NCCC[C@H](NC(=O)[C@@H](N)CCCNC(=N)N)C(=O)N[C@@H](CCC(=O)O)C(=O)O. The zero-order valence-electron chi connectivity index (χ0n) is 17.6. The molecule has 0 aromatic rings. The van der Waals surface area contributed by atoms with E-state index in [0.717, 1.165) is 0 Å². The minimum Gasteiger partial charge on any atom is -0.481 e. The predicted molar refractivity (Wildman–Crippen MR) is 115 cm³/mol. The van der Waals surface area contributed by atoms with Crippen molar-refractivity contribution in [1.82, 2.24) is 21.3 Å². The second-order valence-electron chi connectivity index (χ2n) is 6.96. The van der Waals surface area contributed by atoms with Gasteiger partial charge in [-0.2, -0.15) is 0 Å². The molecule has 0 heterocycles. The van der Waals surface area contributed by atoms with Crippen LogP contribution >= 0.6 is 0 Å². The normalized spacial score (nSPS) is 13.2. The van der Waals surface area contributed by atoms with Crippen LogP contribution in [0.25, 0.3) is 0 Å². The Hall–Kier alpha value is -3.62. The topological polar surface area (TPSA) is 283 Å². The molecule has 0 bridgehead atoms. The van der Waals surface area contributed by atoms with Gasteiger partial charge in [-0.15, -0.1) is 0 Å². The predicted octanol–water partition coefficient (Wildman–Crippen LogP) is -3.24. The molecule has 182 valence electrons. The van der Waals surface area contributed by atoms with Crippen LogP contribution in [0.1, 0.15) is 38.5 Å². The van der Waals surface area contributed by atoms with E-state index in [2.05, 4.69) is 21.3 Å². The fourth-order valence-electron chi connectivity index (χ4n) is 2.55. The summed E-state index contributed by atoms with van der Waals surface area (Å²) in [7, 11) is 0. The van der Waals surface area contributed by atoms with Gasteiger partial charge >= 0.3 is 11.9 Å². The van der Waals surface area contributed by atoms with Crippen molar-refractivity contribution < 1.29 is 29.4 Å².